The van der Waals surface area contributed by atoms with Crippen LogP contribution in [0.4, 0.5) is 0 Å². The van der Waals surface area contributed by atoms with Gasteiger partial charge < -0.3 is 5.11 Å². The van der Waals surface area contributed by atoms with Crippen LogP contribution in [0, 0.1) is 0 Å². The molecule has 2 aromatic carbocycles. The van der Waals surface area contributed by atoms with Crippen LogP contribution in [0.25, 0.3) is 0 Å². The minimum atomic E-state index is -3.41. The first kappa shape index (κ1) is 18.0. The summed E-state index contributed by atoms with van der Waals surface area (Å²) < 4.78 is 23.1. The Hall–Kier alpha value is -2.38. The lowest BCUT2D eigenvalue weighted by atomic mass is 10.1. The molecule has 8 heteroatoms. The fraction of sp³-hybridized carbons (Fsp3) is 0.125. The molecular formula is C16H15ClN2O4S. The van der Waals surface area contributed by atoms with Gasteiger partial charge in [-0.15, -0.1) is 0 Å². The van der Waals surface area contributed by atoms with E-state index < -0.39 is 15.7 Å². The summed E-state index contributed by atoms with van der Waals surface area (Å²) in [5.41, 5.74) is 3.21. The Balaban J connectivity index is 2.22. The van der Waals surface area contributed by atoms with E-state index in [1.165, 1.54) is 42.5 Å². The van der Waals surface area contributed by atoms with Crippen molar-refractivity contribution in [1.29, 1.82) is 0 Å². The Morgan fingerprint density at radius 3 is 2.58 bits per heavy atom. The Bertz CT molecular complexity index is 923. The second kappa shape index (κ2) is 7.02. The van der Waals surface area contributed by atoms with Gasteiger partial charge in [-0.2, -0.15) is 5.10 Å². The average molecular weight is 367 g/mol. The highest BCUT2D eigenvalue weighted by Crippen LogP contribution is 2.22. The van der Waals surface area contributed by atoms with E-state index in [1.807, 2.05) is 0 Å². The van der Waals surface area contributed by atoms with Gasteiger partial charge >= 0.3 is 0 Å². The van der Waals surface area contributed by atoms with Crippen LogP contribution in [-0.4, -0.2) is 31.4 Å². The van der Waals surface area contributed by atoms with Crippen LogP contribution in [0.15, 0.2) is 52.5 Å². The number of benzene rings is 2. The first-order valence-electron chi connectivity index (χ1n) is 6.82. The molecule has 0 spiro atoms. The van der Waals surface area contributed by atoms with E-state index in [1.54, 1.807) is 6.92 Å². The molecular weight excluding hydrogens is 352 g/mol. The molecule has 0 saturated heterocycles. The van der Waals surface area contributed by atoms with Crippen LogP contribution in [0.2, 0.25) is 5.02 Å². The number of phenolic OH excluding ortho intramolecular Hbond substituents is 1. The van der Waals surface area contributed by atoms with Crippen molar-refractivity contribution in [3.8, 4) is 5.75 Å². The maximum absolute atomic E-state index is 12.1. The van der Waals surface area contributed by atoms with Gasteiger partial charge in [0.25, 0.3) is 5.91 Å². The number of hydrogen-bond acceptors (Lipinski definition) is 5. The summed E-state index contributed by atoms with van der Waals surface area (Å²) in [5, 5.41) is 14.1. The fourth-order valence-electron chi connectivity index (χ4n) is 1.93. The molecule has 0 aliphatic heterocycles. The third-order valence-corrected chi connectivity index (χ3v) is 4.54. The summed E-state index contributed by atoms with van der Waals surface area (Å²) >= 11 is 5.87. The summed E-state index contributed by atoms with van der Waals surface area (Å²) in [4.78, 5) is 12.2. The zero-order valence-electron chi connectivity index (χ0n) is 12.9. The third-order valence-electron chi connectivity index (χ3n) is 3.20. The quantitative estimate of drug-likeness (QED) is 0.642. The molecule has 0 heterocycles. The molecule has 0 unspecified atom stereocenters. The molecule has 0 atom stereocenters. The van der Waals surface area contributed by atoms with Crippen LogP contribution in [-0.2, 0) is 9.84 Å². The summed E-state index contributed by atoms with van der Waals surface area (Å²) in [6.07, 6.45) is 1.06. The van der Waals surface area contributed by atoms with Gasteiger partial charge in [-0.25, -0.2) is 13.8 Å². The maximum Gasteiger partial charge on any atom is 0.271 e. The normalized spacial score (nSPS) is 12.0. The predicted octanol–water partition coefficient (Wildman–Crippen LogP) is 2.60. The number of carbonyl (C=O) groups is 1. The van der Waals surface area contributed by atoms with Crippen molar-refractivity contribution in [1.82, 2.24) is 5.43 Å². The van der Waals surface area contributed by atoms with Crippen molar-refractivity contribution in [3.05, 3.63) is 58.6 Å². The molecule has 2 rings (SSSR count). The third kappa shape index (κ3) is 4.33. The summed E-state index contributed by atoms with van der Waals surface area (Å²) in [5.74, 6) is -0.588. The topological polar surface area (TPSA) is 95.8 Å². The molecule has 0 aromatic heterocycles. The lowest BCUT2D eigenvalue weighted by molar-refractivity contribution is 0.0954. The Morgan fingerprint density at radius 2 is 1.92 bits per heavy atom. The van der Waals surface area contributed by atoms with Gasteiger partial charge in [0, 0.05) is 22.4 Å². The first-order valence-corrected chi connectivity index (χ1v) is 9.09. The number of sulfone groups is 1. The largest absolute Gasteiger partial charge is 0.507 e. The molecule has 0 bridgehead atoms. The van der Waals surface area contributed by atoms with Gasteiger partial charge in [-0.05, 0) is 43.3 Å². The van der Waals surface area contributed by atoms with Crippen molar-refractivity contribution in [2.24, 2.45) is 5.10 Å². The molecule has 126 valence electrons. The van der Waals surface area contributed by atoms with Crippen molar-refractivity contribution in [2.75, 3.05) is 6.26 Å². The molecule has 24 heavy (non-hydrogen) atoms. The van der Waals surface area contributed by atoms with Crippen LogP contribution < -0.4 is 5.43 Å². The van der Waals surface area contributed by atoms with E-state index >= 15 is 0 Å². The van der Waals surface area contributed by atoms with Gasteiger partial charge in [0.2, 0.25) is 0 Å². The highest BCUT2D eigenvalue weighted by atomic mass is 35.5. The molecule has 0 fully saturated rings. The maximum atomic E-state index is 12.1. The molecule has 2 aromatic rings. The number of amides is 1. The number of aromatic hydroxyl groups is 1. The Morgan fingerprint density at radius 1 is 1.21 bits per heavy atom. The number of phenols is 1. The minimum Gasteiger partial charge on any atom is -0.507 e. The average Bonchev–Trinajstić information content (AvgIpc) is 2.54. The molecule has 1 amide bonds. The van der Waals surface area contributed by atoms with Gasteiger partial charge in [0.1, 0.15) is 5.75 Å². The predicted molar refractivity (Wildman–Crippen MR) is 92.3 cm³/mol. The van der Waals surface area contributed by atoms with E-state index in [0.717, 1.165) is 6.26 Å². The van der Waals surface area contributed by atoms with Gasteiger partial charge in [-0.3, -0.25) is 4.79 Å². The first-order chi connectivity index (χ1) is 11.2. The minimum absolute atomic E-state index is 0.0195. The number of nitrogens with zero attached hydrogens (tertiary/aromatic N) is 1. The summed E-state index contributed by atoms with van der Waals surface area (Å²) in [7, 11) is -3.41. The number of halogens is 1. The second-order valence-corrected chi connectivity index (χ2v) is 7.55. The van der Waals surface area contributed by atoms with Crippen LogP contribution >= 0.6 is 11.6 Å². The number of hydrogen-bond donors (Lipinski definition) is 2. The molecule has 2 N–H and O–H groups in total. The Kier molecular flexibility index (Phi) is 5.26. The molecule has 0 aliphatic carbocycles. The second-order valence-electron chi connectivity index (χ2n) is 5.10. The van der Waals surface area contributed by atoms with E-state index in [2.05, 4.69) is 10.5 Å². The zero-order chi connectivity index (χ0) is 17.9. The van der Waals surface area contributed by atoms with Crippen LogP contribution in [0.3, 0.4) is 0 Å². The molecule has 0 aliphatic rings. The van der Waals surface area contributed by atoms with Crippen molar-refractivity contribution in [3.63, 3.8) is 0 Å². The standard InChI is InChI=1S/C16H15ClN2O4S/c1-10(14-9-12(17)6-7-15(14)20)18-19-16(21)11-4-3-5-13(8-11)24(2,22)23/h3-9,20H,1-2H3,(H,19,21)/b18-10-. The monoisotopic (exact) mass is 366 g/mol. The van der Waals surface area contributed by atoms with Crippen LogP contribution in [0.1, 0.15) is 22.8 Å². The highest BCUT2D eigenvalue weighted by Gasteiger charge is 2.12. The SMILES string of the molecule is C/C(=N/NC(=O)c1cccc(S(C)(=O)=O)c1)c1cc(Cl)ccc1O. The van der Waals surface area contributed by atoms with Crippen molar-refractivity contribution < 1.29 is 18.3 Å². The van der Waals surface area contributed by atoms with E-state index in [-0.39, 0.29) is 16.2 Å². The number of carbonyl (C=O) groups excluding carboxylic acids is 1. The Labute approximate surface area is 144 Å². The van der Waals surface area contributed by atoms with Gasteiger partial charge in [0.05, 0.1) is 10.6 Å². The fourth-order valence-corrected chi connectivity index (χ4v) is 2.76. The van der Waals surface area contributed by atoms with E-state index in [4.69, 9.17) is 11.6 Å². The molecule has 6 nitrogen and oxygen atoms in total. The van der Waals surface area contributed by atoms with Crippen LogP contribution in [0.5, 0.6) is 5.75 Å². The number of rotatable bonds is 4. The molecule has 0 saturated carbocycles. The van der Waals surface area contributed by atoms with Crippen molar-refractivity contribution in [2.45, 2.75) is 11.8 Å². The zero-order valence-corrected chi connectivity index (χ0v) is 14.5. The van der Waals surface area contributed by atoms with Gasteiger partial charge in [-0.1, -0.05) is 17.7 Å². The number of hydrazone groups is 1. The lowest BCUT2D eigenvalue weighted by Gasteiger charge is -2.06. The lowest BCUT2D eigenvalue weighted by Crippen LogP contribution is -2.19. The van der Waals surface area contributed by atoms with Gasteiger partial charge in [0.15, 0.2) is 9.84 Å². The smallest absolute Gasteiger partial charge is 0.271 e. The molecule has 0 radical (unpaired) electrons. The summed E-state index contributed by atoms with van der Waals surface area (Å²) in [6, 6.07) is 10.1. The summed E-state index contributed by atoms with van der Waals surface area (Å²) in [6.45, 7) is 1.60. The van der Waals surface area contributed by atoms with Crippen molar-refractivity contribution >= 4 is 33.1 Å². The number of nitrogens with one attached hydrogen (secondary N) is 1. The highest BCUT2D eigenvalue weighted by molar-refractivity contribution is 7.90. The van der Waals surface area contributed by atoms with E-state index in [0.29, 0.717) is 16.3 Å². The van der Waals surface area contributed by atoms with E-state index in [9.17, 15) is 18.3 Å².